The van der Waals surface area contributed by atoms with Gasteiger partial charge in [-0.3, -0.25) is 9.59 Å². The summed E-state index contributed by atoms with van der Waals surface area (Å²) in [4.78, 5) is 28.2. The lowest BCUT2D eigenvalue weighted by atomic mass is 9.95. The highest BCUT2D eigenvalue weighted by Gasteiger charge is 2.30. The summed E-state index contributed by atoms with van der Waals surface area (Å²) in [6.07, 6.45) is 6.27. The Kier molecular flexibility index (Phi) is 8.79. The molecule has 0 unspecified atom stereocenters. The van der Waals surface area contributed by atoms with Crippen LogP contribution in [0.1, 0.15) is 56.6 Å². The van der Waals surface area contributed by atoms with Crippen LogP contribution in [0.2, 0.25) is 10.0 Å². The van der Waals surface area contributed by atoms with Gasteiger partial charge >= 0.3 is 0 Å². The molecule has 0 radical (unpaired) electrons. The van der Waals surface area contributed by atoms with Crippen molar-refractivity contribution in [1.82, 2.24) is 10.2 Å². The van der Waals surface area contributed by atoms with E-state index in [0.29, 0.717) is 16.5 Å². The maximum atomic E-state index is 13.4. The first-order valence-electron chi connectivity index (χ1n) is 11.1. The summed E-state index contributed by atoms with van der Waals surface area (Å²) in [6, 6.07) is 14.5. The van der Waals surface area contributed by atoms with Gasteiger partial charge in [0.1, 0.15) is 6.04 Å². The summed E-state index contributed by atoms with van der Waals surface area (Å²) < 4.78 is 0. The Labute approximate surface area is 194 Å². The number of carbonyl (C=O) groups is 2. The van der Waals surface area contributed by atoms with Gasteiger partial charge in [-0.15, -0.1) is 0 Å². The molecule has 2 aromatic rings. The van der Waals surface area contributed by atoms with E-state index in [9.17, 15) is 9.59 Å². The molecular formula is C25H30Cl2N2O2. The second-order valence-corrected chi connectivity index (χ2v) is 9.03. The van der Waals surface area contributed by atoms with Gasteiger partial charge in [0.05, 0.1) is 6.42 Å². The number of halogens is 2. The van der Waals surface area contributed by atoms with Crippen molar-refractivity contribution < 1.29 is 9.59 Å². The molecule has 166 valence electrons. The monoisotopic (exact) mass is 460 g/mol. The molecule has 31 heavy (non-hydrogen) atoms. The van der Waals surface area contributed by atoms with E-state index in [1.54, 1.807) is 17.0 Å². The third kappa shape index (κ3) is 6.72. The smallest absolute Gasteiger partial charge is 0.243 e. The van der Waals surface area contributed by atoms with Gasteiger partial charge in [-0.05, 0) is 42.5 Å². The van der Waals surface area contributed by atoms with Crippen LogP contribution in [0, 0.1) is 0 Å². The number of hydrogen-bond donors (Lipinski definition) is 1. The molecule has 0 aliphatic heterocycles. The van der Waals surface area contributed by atoms with Gasteiger partial charge in [-0.2, -0.15) is 0 Å². The minimum absolute atomic E-state index is 0.0825. The van der Waals surface area contributed by atoms with Crippen molar-refractivity contribution >= 4 is 35.0 Å². The molecule has 1 atom stereocenters. The third-order valence-electron chi connectivity index (χ3n) is 5.89. The second-order valence-electron chi connectivity index (χ2n) is 8.19. The molecule has 4 nitrogen and oxygen atoms in total. The largest absolute Gasteiger partial charge is 0.352 e. The number of rotatable bonds is 8. The molecule has 1 saturated carbocycles. The third-order valence-corrected chi connectivity index (χ3v) is 6.48. The number of hydrogen-bond acceptors (Lipinski definition) is 2. The highest BCUT2D eigenvalue weighted by Crippen LogP contribution is 2.25. The maximum absolute atomic E-state index is 13.4. The predicted octanol–water partition coefficient (Wildman–Crippen LogP) is 5.79. The van der Waals surface area contributed by atoms with Crippen molar-refractivity contribution in [3.8, 4) is 0 Å². The van der Waals surface area contributed by atoms with Crippen molar-refractivity contribution in [2.24, 2.45) is 0 Å². The van der Waals surface area contributed by atoms with Crippen molar-refractivity contribution in [2.75, 3.05) is 0 Å². The molecule has 0 heterocycles. The summed E-state index contributed by atoms with van der Waals surface area (Å²) in [5, 5.41) is 4.22. The van der Waals surface area contributed by atoms with Crippen LogP contribution in [0.25, 0.3) is 0 Å². The van der Waals surface area contributed by atoms with E-state index >= 15 is 0 Å². The van der Waals surface area contributed by atoms with Gasteiger partial charge in [0.25, 0.3) is 0 Å². The molecule has 2 amide bonds. The molecular weight excluding hydrogens is 431 g/mol. The van der Waals surface area contributed by atoms with Gasteiger partial charge in [0, 0.05) is 22.6 Å². The van der Waals surface area contributed by atoms with Crippen LogP contribution >= 0.6 is 23.2 Å². The van der Waals surface area contributed by atoms with Crippen LogP contribution in [0.5, 0.6) is 0 Å². The van der Waals surface area contributed by atoms with E-state index in [4.69, 9.17) is 23.2 Å². The first-order chi connectivity index (χ1) is 15.0. The second kappa shape index (κ2) is 11.5. The zero-order valence-electron chi connectivity index (χ0n) is 17.9. The Hall–Kier alpha value is -2.04. The van der Waals surface area contributed by atoms with E-state index in [1.807, 2.05) is 43.3 Å². The fraction of sp³-hybridized carbons (Fsp3) is 0.440. The van der Waals surface area contributed by atoms with Gasteiger partial charge in [-0.25, -0.2) is 0 Å². The van der Waals surface area contributed by atoms with E-state index < -0.39 is 6.04 Å². The molecule has 1 aliphatic rings. The van der Waals surface area contributed by atoms with Crippen molar-refractivity contribution in [3.63, 3.8) is 0 Å². The normalized spacial score (nSPS) is 15.3. The fourth-order valence-corrected chi connectivity index (χ4v) is 4.64. The SMILES string of the molecule is CC[C@@H](C(=O)NC1CCCCC1)N(Cc1ccc(Cl)cc1Cl)C(=O)Cc1ccccc1. The van der Waals surface area contributed by atoms with Gasteiger partial charge in [0.15, 0.2) is 0 Å². The molecule has 0 bridgehead atoms. The summed E-state index contributed by atoms with van der Waals surface area (Å²) in [5.41, 5.74) is 1.69. The van der Waals surface area contributed by atoms with E-state index in [2.05, 4.69) is 5.32 Å². The van der Waals surface area contributed by atoms with E-state index in [0.717, 1.165) is 36.8 Å². The number of nitrogens with one attached hydrogen (secondary N) is 1. The summed E-state index contributed by atoms with van der Waals surface area (Å²) >= 11 is 12.4. The summed E-state index contributed by atoms with van der Waals surface area (Å²) in [6.45, 7) is 2.20. The zero-order chi connectivity index (χ0) is 22.2. The molecule has 2 aromatic carbocycles. The topological polar surface area (TPSA) is 49.4 Å². The number of benzene rings is 2. The molecule has 0 aromatic heterocycles. The Bertz CT molecular complexity index is 882. The fourth-order valence-electron chi connectivity index (χ4n) is 4.17. The highest BCUT2D eigenvalue weighted by molar-refractivity contribution is 6.35. The standard InChI is InChI=1S/C25H30Cl2N2O2/c1-2-23(25(31)28-21-11-7-4-8-12-21)29(17-19-13-14-20(26)16-22(19)27)24(30)15-18-9-5-3-6-10-18/h3,5-6,9-10,13-14,16,21,23H,2,4,7-8,11-12,15,17H2,1H3,(H,28,31)/t23-/m0/s1. The Morgan fingerprint density at radius 1 is 1.06 bits per heavy atom. The van der Waals surface area contributed by atoms with Crippen LogP contribution in [-0.2, 0) is 22.6 Å². The first kappa shape index (κ1) is 23.6. The van der Waals surface area contributed by atoms with Crippen LogP contribution in [0.15, 0.2) is 48.5 Å². The lowest BCUT2D eigenvalue weighted by Gasteiger charge is -2.33. The average molecular weight is 461 g/mol. The summed E-state index contributed by atoms with van der Waals surface area (Å²) in [5.74, 6) is -0.177. The average Bonchev–Trinajstić information content (AvgIpc) is 2.76. The molecule has 0 spiro atoms. The minimum Gasteiger partial charge on any atom is -0.352 e. The van der Waals surface area contributed by atoms with Gasteiger partial charge < -0.3 is 10.2 Å². The molecule has 6 heteroatoms. The van der Waals surface area contributed by atoms with Crippen LogP contribution in [0.3, 0.4) is 0 Å². The van der Waals surface area contributed by atoms with Crippen molar-refractivity contribution in [2.45, 2.75) is 70.5 Å². The van der Waals surface area contributed by atoms with Gasteiger partial charge in [0.2, 0.25) is 11.8 Å². The molecule has 0 saturated heterocycles. The Morgan fingerprint density at radius 2 is 1.77 bits per heavy atom. The zero-order valence-corrected chi connectivity index (χ0v) is 19.5. The Morgan fingerprint density at radius 3 is 2.42 bits per heavy atom. The van der Waals surface area contributed by atoms with E-state index in [-0.39, 0.29) is 30.8 Å². The van der Waals surface area contributed by atoms with Crippen molar-refractivity contribution in [3.05, 3.63) is 69.7 Å². The number of carbonyl (C=O) groups excluding carboxylic acids is 2. The number of nitrogens with zero attached hydrogens (tertiary/aromatic N) is 1. The van der Waals surface area contributed by atoms with Crippen LogP contribution in [-0.4, -0.2) is 28.8 Å². The molecule has 1 N–H and O–H groups in total. The summed E-state index contributed by atoms with van der Waals surface area (Å²) in [7, 11) is 0. The molecule has 1 aliphatic carbocycles. The van der Waals surface area contributed by atoms with Crippen LogP contribution in [0.4, 0.5) is 0 Å². The minimum atomic E-state index is -0.551. The van der Waals surface area contributed by atoms with Gasteiger partial charge in [-0.1, -0.05) is 85.8 Å². The first-order valence-corrected chi connectivity index (χ1v) is 11.8. The quantitative estimate of drug-likeness (QED) is 0.541. The molecule has 3 rings (SSSR count). The Balaban J connectivity index is 1.82. The maximum Gasteiger partial charge on any atom is 0.243 e. The number of amides is 2. The predicted molar refractivity (Wildman–Crippen MR) is 126 cm³/mol. The van der Waals surface area contributed by atoms with Crippen molar-refractivity contribution in [1.29, 1.82) is 0 Å². The van der Waals surface area contributed by atoms with Crippen LogP contribution < -0.4 is 5.32 Å². The molecule has 1 fully saturated rings. The lowest BCUT2D eigenvalue weighted by molar-refractivity contribution is -0.141. The highest BCUT2D eigenvalue weighted by atomic mass is 35.5. The lowest BCUT2D eigenvalue weighted by Crippen LogP contribution is -2.52. The van der Waals surface area contributed by atoms with E-state index in [1.165, 1.54) is 6.42 Å².